The molecule has 3 aromatic rings. The predicted molar refractivity (Wildman–Crippen MR) is 96.8 cm³/mol. The van der Waals surface area contributed by atoms with Gasteiger partial charge < -0.3 is 10.4 Å². The molecular formula is C20H21N3O2. The fourth-order valence-corrected chi connectivity index (χ4v) is 2.59. The fourth-order valence-electron chi connectivity index (χ4n) is 2.59. The van der Waals surface area contributed by atoms with Gasteiger partial charge in [-0.05, 0) is 42.3 Å². The average Bonchev–Trinajstić information content (AvgIpc) is 3.07. The summed E-state index contributed by atoms with van der Waals surface area (Å²) in [6, 6.07) is 16.9. The van der Waals surface area contributed by atoms with Gasteiger partial charge in [-0.15, -0.1) is 0 Å². The van der Waals surface area contributed by atoms with E-state index in [1.807, 2.05) is 55.6 Å². The molecule has 0 aliphatic heterocycles. The highest BCUT2D eigenvalue weighted by Crippen LogP contribution is 2.10. The van der Waals surface area contributed by atoms with Crippen LogP contribution in [0.1, 0.15) is 21.5 Å². The minimum atomic E-state index is -0.613. The van der Waals surface area contributed by atoms with Gasteiger partial charge in [0.15, 0.2) is 0 Å². The molecule has 1 heterocycles. The first-order valence-corrected chi connectivity index (χ1v) is 8.24. The van der Waals surface area contributed by atoms with Crippen molar-refractivity contribution in [3.05, 3.63) is 83.7 Å². The first-order valence-electron chi connectivity index (χ1n) is 8.24. The van der Waals surface area contributed by atoms with Gasteiger partial charge in [-0.1, -0.05) is 30.3 Å². The Balaban J connectivity index is 1.54. The summed E-state index contributed by atoms with van der Waals surface area (Å²) in [5, 5.41) is 17.1. The zero-order chi connectivity index (χ0) is 17.6. The van der Waals surface area contributed by atoms with Gasteiger partial charge >= 0.3 is 0 Å². The van der Waals surface area contributed by atoms with Crippen LogP contribution < -0.4 is 5.32 Å². The Morgan fingerprint density at radius 1 is 1.16 bits per heavy atom. The molecule has 1 atom stereocenters. The second-order valence-electron chi connectivity index (χ2n) is 6.06. The number of benzene rings is 2. The number of amides is 1. The molecule has 0 saturated carbocycles. The molecule has 0 saturated heterocycles. The third kappa shape index (κ3) is 4.55. The van der Waals surface area contributed by atoms with Gasteiger partial charge in [0.2, 0.25) is 0 Å². The van der Waals surface area contributed by atoms with Gasteiger partial charge in [0.05, 0.1) is 18.0 Å². The SMILES string of the molecule is Cc1cnn(-c2ccc(C(=O)NCC(O)Cc3ccccc3)cc2)c1. The van der Waals surface area contributed by atoms with E-state index in [1.54, 1.807) is 23.0 Å². The lowest BCUT2D eigenvalue weighted by Gasteiger charge is -2.12. The highest BCUT2D eigenvalue weighted by atomic mass is 16.3. The molecule has 3 rings (SSSR count). The summed E-state index contributed by atoms with van der Waals surface area (Å²) in [5.41, 5.74) is 3.57. The summed E-state index contributed by atoms with van der Waals surface area (Å²) in [4.78, 5) is 12.2. The lowest BCUT2D eigenvalue weighted by atomic mass is 10.1. The molecule has 2 aromatic carbocycles. The third-order valence-corrected chi connectivity index (χ3v) is 3.92. The molecule has 0 radical (unpaired) electrons. The van der Waals surface area contributed by atoms with Crippen molar-refractivity contribution in [1.29, 1.82) is 0 Å². The first-order chi connectivity index (χ1) is 12.1. The molecule has 25 heavy (non-hydrogen) atoms. The smallest absolute Gasteiger partial charge is 0.251 e. The molecule has 5 heteroatoms. The first kappa shape index (κ1) is 16.9. The van der Waals surface area contributed by atoms with Gasteiger partial charge in [0, 0.05) is 24.7 Å². The van der Waals surface area contributed by atoms with Crippen molar-refractivity contribution >= 4 is 5.91 Å². The van der Waals surface area contributed by atoms with Crippen molar-refractivity contribution < 1.29 is 9.90 Å². The summed E-state index contributed by atoms with van der Waals surface area (Å²) in [5.74, 6) is -0.199. The van der Waals surface area contributed by atoms with Crippen LogP contribution in [-0.2, 0) is 6.42 Å². The van der Waals surface area contributed by atoms with E-state index in [9.17, 15) is 9.90 Å². The highest BCUT2D eigenvalue weighted by molar-refractivity contribution is 5.94. The van der Waals surface area contributed by atoms with Crippen LogP contribution in [0, 0.1) is 6.92 Å². The van der Waals surface area contributed by atoms with Crippen LogP contribution in [0.3, 0.4) is 0 Å². The number of aryl methyl sites for hydroxylation is 1. The molecule has 0 fully saturated rings. The molecule has 1 aromatic heterocycles. The summed E-state index contributed by atoms with van der Waals surface area (Å²) in [6.45, 7) is 2.19. The molecule has 0 aliphatic rings. The van der Waals surface area contributed by atoms with E-state index in [0.29, 0.717) is 12.0 Å². The van der Waals surface area contributed by atoms with Crippen molar-refractivity contribution in [1.82, 2.24) is 15.1 Å². The molecular weight excluding hydrogens is 314 g/mol. The van der Waals surface area contributed by atoms with Gasteiger partial charge in [-0.3, -0.25) is 4.79 Å². The normalized spacial score (nSPS) is 11.9. The van der Waals surface area contributed by atoms with Crippen molar-refractivity contribution in [2.24, 2.45) is 0 Å². The predicted octanol–water partition coefficient (Wildman–Crippen LogP) is 2.51. The number of aromatic nitrogens is 2. The number of hydrogen-bond acceptors (Lipinski definition) is 3. The van der Waals surface area contributed by atoms with Crippen molar-refractivity contribution in [2.45, 2.75) is 19.4 Å². The van der Waals surface area contributed by atoms with E-state index >= 15 is 0 Å². The quantitative estimate of drug-likeness (QED) is 0.727. The minimum Gasteiger partial charge on any atom is -0.391 e. The average molecular weight is 335 g/mol. The van der Waals surface area contributed by atoms with Gasteiger partial charge in [0.1, 0.15) is 0 Å². The number of nitrogens with one attached hydrogen (secondary N) is 1. The fraction of sp³-hybridized carbons (Fsp3) is 0.200. The van der Waals surface area contributed by atoms with E-state index < -0.39 is 6.10 Å². The van der Waals surface area contributed by atoms with E-state index in [4.69, 9.17) is 0 Å². The van der Waals surface area contributed by atoms with E-state index in [0.717, 1.165) is 16.8 Å². The summed E-state index contributed by atoms with van der Waals surface area (Å²) < 4.78 is 1.76. The van der Waals surface area contributed by atoms with Gasteiger partial charge in [-0.2, -0.15) is 5.10 Å². The lowest BCUT2D eigenvalue weighted by molar-refractivity contribution is 0.0916. The highest BCUT2D eigenvalue weighted by Gasteiger charge is 2.10. The molecule has 1 amide bonds. The molecule has 1 unspecified atom stereocenters. The van der Waals surface area contributed by atoms with Crippen LogP contribution in [0.2, 0.25) is 0 Å². The number of aliphatic hydroxyl groups excluding tert-OH is 1. The zero-order valence-corrected chi connectivity index (χ0v) is 14.1. The Hall–Kier alpha value is -2.92. The Bertz CT molecular complexity index is 826. The van der Waals surface area contributed by atoms with Crippen LogP contribution in [0.25, 0.3) is 5.69 Å². The Morgan fingerprint density at radius 3 is 2.52 bits per heavy atom. The van der Waals surface area contributed by atoms with Crippen LogP contribution in [0.4, 0.5) is 0 Å². The van der Waals surface area contributed by atoms with Crippen LogP contribution in [0.15, 0.2) is 67.0 Å². The number of nitrogens with zero attached hydrogens (tertiary/aromatic N) is 2. The van der Waals surface area contributed by atoms with E-state index in [-0.39, 0.29) is 12.5 Å². The number of carbonyl (C=O) groups is 1. The number of hydrogen-bond donors (Lipinski definition) is 2. The maximum Gasteiger partial charge on any atom is 0.251 e. The Labute approximate surface area is 146 Å². The van der Waals surface area contributed by atoms with Crippen molar-refractivity contribution in [3.63, 3.8) is 0 Å². The molecule has 2 N–H and O–H groups in total. The van der Waals surface area contributed by atoms with Gasteiger partial charge in [0.25, 0.3) is 5.91 Å². The lowest BCUT2D eigenvalue weighted by Crippen LogP contribution is -2.33. The van der Waals surface area contributed by atoms with Gasteiger partial charge in [-0.25, -0.2) is 4.68 Å². The third-order valence-electron chi connectivity index (χ3n) is 3.92. The minimum absolute atomic E-state index is 0.199. The van der Waals surface area contributed by atoms with Crippen molar-refractivity contribution in [2.75, 3.05) is 6.54 Å². The van der Waals surface area contributed by atoms with E-state index in [2.05, 4.69) is 10.4 Å². The van der Waals surface area contributed by atoms with Crippen molar-refractivity contribution in [3.8, 4) is 5.69 Å². The van der Waals surface area contributed by atoms with Crippen LogP contribution in [-0.4, -0.2) is 33.4 Å². The largest absolute Gasteiger partial charge is 0.391 e. The van der Waals surface area contributed by atoms with Crippen LogP contribution >= 0.6 is 0 Å². The molecule has 0 spiro atoms. The zero-order valence-electron chi connectivity index (χ0n) is 14.1. The monoisotopic (exact) mass is 335 g/mol. The Morgan fingerprint density at radius 2 is 1.88 bits per heavy atom. The molecule has 128 valence electrons. The summed E-state index contributed by atoms with van der Waals surface area (Å²) >= 11 is 0. The number of aliphatic hydroxyl groups is 1. The number of rotatable bonds is 6. The second kappa shape index (κ2) is 7.77. The molecule has 5 nitrogen and oxygen atoms in total. The molecule has 0 aliphatic carbocycles. The summed E-state index contributed by atoms with van der Waals surface area (Å²) in [6.07, 6.45) is 3.61. The maximum absolute atomic E-state index is 12.2. The molecule has 0 bridgehead atoms. The number of carbonyl (C=O) groups excluding carboxylic acids is 1. The maximum atomic E-state index is 12.2. The topological polar surface area (TPSA) is 67.2 Å². The Kier molecular flexibility index (Phi) is 5.26. The summed E-state index contributed by atoms with van der Waals surface area (Å²) in [7, 11) is 0. The van der Waals surface area contributed by atoms with Crippen LogP contribution in [0.5, 0.6) is 0 Å². The van der Waals surface area contributed by atoms with E-state index in [1.165, 1.54) is 0 Å². The standard InChI is InChI=1S/C20H21N3O2/c1-15-12-22-23(14-15)18-9-7-17(8-10-18)20(25)21-13-19(24)11-16-5-3-2-4-6-16/h2-10,12,14,19,24H,11,13H2,1H3,(H,21,25). The second-order valence-corrected chi connectivity index (χ2v) is 6.06.